The van der Waals surface area contributed by atoms with Gasteiger partial charge in [0, 0.05) is 12.4 Å². The van der Waals surface area contributed by atoms with Gasteiger partial charge < -0.3 is 10.5 Å². The van der Waals surface area contributed by atoms with E-state index in [1.165, 1.54) is 18.0 Å². The number of aromatic nitrogens is 3. The molecule has 0 aromatic carbocycles. The van der Waals surface area contributed by atoms with Crippen LogP contribution in [-0.4, -0.2) is 26.5 Å². The lowest BCUT2D eigenvalue weighted by molar-refractivity contribution is 0.298. The summed E-state index contributed by atoms with van der Waals surface area (Å²) in [5.74, 6) is 0.481. The maximum atomic E-state index is 5.49. The van der Waals surface area contributed by atoms with Crippen LogP contribution in [0.15, 0.2) is 36.9 Å². The molecule has 2 aromatic heterocycles. The second-order valence-corrected chi connectivity index (χ2v) is 4.35. The Hall–Kier alpha value is -2.08. The molecular formula is C13H14N4OS. The van der Waals surface area contributed by atoms with Gasteiger partial charge in [-0.25, -0.2) is 9.97 Å². The van der Waals surface area contributed by atoms with Crippen molar-refractivity contribution in [3.63, 3.8) is 0 Å². The minimum atomic E-state index is 0.233. The van der Waals surface area contributed by atoms with E-state index in [-0.39, 0.29) is 4.99 Å². The average Bonchev–Trinajstić information content (AvgIpc) is 2.45. The molecule has 2 aromatic rings. The fourth-order valence-electron chi connectivity index (χ4n) is 1.52. The van der Waals surface area contributed by atoms with Crippen LogP contribution in [0, 0.1) is 0 Å². The van der Waals surface area contributed by atoms with Gasteiger partial charge in [-0.05, 0) is 30.5 Å². The number of nitrogens with two attached hydrogens (primary N) is 1. The van der Waals surface area contributed by atoms with Crippen LogP contribution in [0.25, 0.3) is 0 Å². The van der Waals surface area contributed by atoms with E-state index in [9.17, 15) is 0 Å². The summed E-state index contributed by atoms with van der Waals surface area (Å²) in [6.07, 6.45) is 8.47. The first kappa shape index (κ1) is 13.4. The molecule has 0 aliphatic rings. The van der Waals surface area contributed by atoms with Crippen molar-refractivity contribution in [2.24, 2.45) is 5.73 Å². The van der Waals surface area contributed by atoms with Gasteiger partial charge in [0.25, 0.3) is 0 Å². The zero-order valence-electron chi connectivity index (χ0n) is 10.3. The van der Waals surface area contributed by atoms with Crippen LogP contribution in [0.2, 0.25) is 0 Å². The Balaban J connectivity index is 1.75. The molecule has 0 aliphatic carbocycles. The van der Waals surface area contributed by atoms with E-state index in [1.807, 2.05) is 12.1 Å². The maximum Gasteiger partial charge on any atom is 0.232 e. The van der Waals surface area contributed by atoms with Crippen molar-refractivity contribution in [3.05, 3.63) is 48.2 Å². The van der Waals surface area contributed by atoms with Gasteiger partial charge in [0.05, 0.1) is 19.0 Å². The predicted octanol–water partition coefficient (Wildman–Crippen LogP) is 1.52. The van der Waals surface area contributed by atoms with E-state index in [2.05, 4.69) is 15.0 Å². The molecule has 2 heterocycles. The van der Waals surface area contributed by atoms with Crippen molar-refractivity contribution < 1.29 is 4.74 Å². The lowest BCUT2D eigenvalue weighted by atomic mass is 10.1. The molecular weight excluding hydrogens is 260 g/mol. The first-order valence-corrected chi connectivity index (χ1v) is 6.30. The molecule has 0 unspecified atom stereocenters. The van der Waals surface area contributed by atoms with Crippen LogP contribution in [0.4, 0.5) is 0 Å². The summed E-state index contributed by atoms with van der Waals surface area (Å²) in [6, 6.07) is 3.99. The largest absolute Gasteiger partial charge is 0.477 e. The summed E-state index contributed by atoms with van der Waals surface area (Å²) < 4.78 is 5.49. The van der Waals surface area contributed by atoms with Crippen LogP contribution < -0.4 is 10.5 Å². The fourth-order valence-corrected chi connectivity index (χ4v) is 1.63. The zero-order chi connectivity index (χ0) is 13.5. The van der Waals surface area contributed by atoms with Crippen molar-refractivity contribution >= 4 is 17.2 Å². The summed E-state index contributed by atoms with van der Waals surface area (Å²) >= 11 is 4.80. The molecule has 98 valence electrons. The molecule has 19 heavy (non-hydrogen) atoms. The molecule has 0 atom stereocenters. The number of hydrogen-bond donors (Lipinski definition) is 1. The molecule has 0 aliphatic heterocycles. The summed E-state index contributed by atoms with van der Waals surface area (Å²) in [5.41, 5.74) is 7.18. The van der Waals surface area contributed by atoms with Crippen molar-refractivity contribution in [2.45, 2.75) is 12.8 Å². The zero-order valence-corrected chi connectivity index (χ0v) is 11.1. The maximum absolute atomic E-state index is 5.49. The molecule has 0 saturated heterocycles. The second kappa shape index (κ2) is 6.75. The van der Waals surface area contributed by atoms with E-state index >= 15 is 0 Å². The smallest absolute Gasteiger partial charge is 0.232 e. The predicted molar refractivity (Wildman–Crippen MR) is 76.0 cm³/mol. The lowest BCUT2D eigenvalue weighted by Gasteiger charge is -2.05. The van der Waals surface area contributed by atoms with Crippen LogP contribution in [0.3, 0.4) is 0 Å². The molecule has 0 saturated carbocycles. The molecule has 6 heteroatoms. The monoisotopic (exact) mass is 274 g/mol. The number of thiocarbonyl (C=S) groups is 1. The normalized spacial score (nSPS) is 10.1. The quantitative estimate of drug-likeness (QED) is 0.636. The number of ether oxygens (including phenoxy) is 1. The third-order valence-electron chi connectivity index (χ3n) is 2.49. The SMILES string of the molecule is NC(=S)c1cnc(OCCCc2ccncc2)cn1. The lowest BCUT2D eigenvalue weighted by Crippen LogP contribution is -2.12. The van der Waals surface area contributed by atoms with Crippen LogP contribution in [0.1, 0.15) is 17.7 Å². The molecule has 0 fully saturated rings. The van der Waals surface area contributed by atoms with Gasteiger partial charge in [0.2, 0.25) is 5.88 Å². The average molecular weight is 274 g/mol. The molecule has 2 rings (SSSR count). The third-order valence-corrected chi connectivity index (χ3v) is 2.70. The van der Waals surface area contributed by atoms with E-state index in [4.69, 9.17) is 22.7 Å². The van der Waals surface area contributed by atoms with Gasteiger partial charge in [0.1, 0.15) is 10.7 Å². The number of pyridine rings is 1. The Morgan fingerprint density at radius 1 is 1.21 bits per heavy atom. The standard InChI is InChI=1S/C13H14N4OS/c14-13(19)11-8-17-12(9-16-11)18-7-1-2-10-3-5-15-6-4-10/h3-6,8-9H,1-2,7H2,(H2,14,19). The van der Waals surface area contributed by atoms with Crippen LogP contribution >= 0.6 is 12.2 Å². The van der Waals surface area contributed by atoms with Gasteiger partial charge in [0.15, 0.2) is 0 Å². The molecule has 0 amide bonds. The minimum absolute atomic E-state index is 0.233. The van der Waals surface area contributed by atoms with E-state index in [0.29, 0.717) is 18.2 Å². The summed E-state index contributed by atoms with van der Waals surface area (Å²) in [7, 11) is 0. The molecule has 0 bridgehead atoms. The van der Waals surface area contributed by atoms with Gasteiger partial charge in [-0.15, -0.1) is 0 Å². The first-order chi connectivity index (χ1) is 9.25. The Bertz CT molecular complexity index is 530. The van der Waals surface area contributed by atoms with Crippen LogP contribution in [0.5, 0.6) is 5.88 Å². The number of aryl methyl sites for hydroxylation is 1. The van der Waals surface area contributed by atoms with Crippen molar-refractivity contribution in [2.75, 3.05) is 6.61 Å². The highest BCUT2D eigenvalue weighted by atomic mass is 32.1. The van der Waals surface area contributed by atoms with Gasteiger partial charge >= 0.3 is 0 Å². The Morgan fingerprint density at radius 2 is 2.00 bits per heavy atom. The Labute approximate surface area is 116 Å². The Kier molecular flexibility index (Phi) is 4.74. The third kappa shape index (κ3) is 4.26. The van der Waals surface area contributed by atoms with Gasteiger partial charge in [-0.1, -0.05) is 12.2 Å². The highest BCUT2D eigenvalue weighted by Crippen LogP contribution is 2.06. The summed E-state index contributed by atoms with van der Waals surface area (Å²) in [4.78, 5) is 12.3. The first-order valence-electron chi connectivity index (χ1n) is 5.89. The Morgan fingerprint density at radius 3 is 2.63 bits per heavy atom. The van der Waals surface area contributed by atoms with Gasteiger partial charge in [-0.2, -0.15) is 0 Å². The molecule has 2 N–H and O–H groups in total. The minimum Gasteiger partial charge on any atom is -0.477 e. The van der Waals surface area contributed by atoms with E-state index < -0.39 is 0 Å². The number of nitrogens with zero attached hydrogens (tertiary/aromatic N) is 3. The topological polar surface area (TPSA) is 73.9 Å². The number of hydrogen-bond acceptors (Lipinski definition) is 5. The van der Waals surface area contributed by atoms with Gasteiger partial charge in [-0.3, -0.25) is 4.98 Å². The number of rotatable bonds is 6. The second-order valence-electron chi connectivity index (χ2n) is 3.91. The van der Waals surface area contributed by atoms with Crippen molar-refractivity contribution in [3.8, 4) is 5.88 Å². The summed E-state index contributed by atoms with van der Waals surface area (Å²) in [5, 5.41) is 0. The molecule has 0 spiro atoms. The highest BCUT2D eigenvalue weighted by Gasteiger charge is 2.00. The van der Waals surface area contributed by atoms with E-state index in [0.717, 1.165) is 12.8 Å². The molecule has 0 radical (unpaired) electrons. The van der Waals surface area contributed by atoms with Crippen molar-refractivity contribution in [1.82, 2.24) is 15.0 Å². The van der Waals surface area contributed by atoms with Crippen molar-refractivity contribution in [1.29, 1.82) is 0 Å². The molecule has 5 nitrogen and oxygen atoms in total. The van der Waals surface area contributed by atoms with Crippen LogP contribution in [-0.2, 0) is 6.42 Å². The highest BCUT2D eigenvalue weighted by molar-refractivity contribution is 7.80. The summed E-state index contributed by atoms with van der Waals surface area (Å²) in [6.45, 7) is 0.587. The fraction of sp³-hybridized carbons (Fsp3) is 0.231. The van der Waals surface area contributed by atoms with E-state index in [1.54, 1.807) is 12.4 Å².